The van der Waals surface area contributed by atoms with Gasteiger partial charge in [0.1, 0.15) is 0 Å². The predicted molar refractivity (Wildman–Crippen MR) is 121 cm³/mol. The average Bonchev–Trinajstić information content (AvgIpc) is 2.75. The van der Waals surface area contributed by atoms with Crippen molar-refractivity contribution in [2.75, 3.05) is 52.4 Å². The second-order valence-corrected chi connectivity index (χ2v) is 8.31. The van der Waals surface area contributed by atoms with E-state index >= 15 is 0 Å². The topological polar surface area (TPSA) is 48.6 Å². The summed E-state index contributed by atoms with van der Waals surface area (Å²) in [6.07, 6.45) is 6.08. The van der Waals surface area contributed by atoms with Gasteiger partial charge < -0.3 is 15.5 Å². The molecule has 1 aromatic heterocycles. The third-order valence-electron chi connectivity index (χ3n) is 5.54. The van der Waals surface area contributed by atoms with Crippen molar-refractivity contribution in [3.05, 3.63) is 64.9 Å². The zero-order valence-electron chi connectivity index (χ0n) is 17.3. The molecule has 0 atom stereocenters. The first-order valence-corrected chi connectivity index (χ1v) is 11.1. The van der Waals surface area contributed by atoms with Gasteiger partial charge >= 0.3 is 0 Å². The SMILES string of the molecule is NCCCN1CCN(CCCN(Cc2ccc(Cl)cc2)Cc2cccnc2)CC1. The van der Waals surface area contributed by atoms with E-state index in [1.54, 1.807) is 0 Å². The highest BCUT2D eigenvalue weighted by Crippen LogP contribution is 2.14. The molecule has 0 saturated carbocycles. The molecule has 29 heavy (non-hydrogen) atoms. The van der Waals surface area contributed by atoms with Crippen LogP contribution in [0.15, 0.2) is 48.8 Å². The second-order valence-electron chi connectivity index (χ2n) is 7.88. The number of halogens is 1. The molecular weight excluding hydrogens is 382 g/mol. The quantitative estimate of drug-likeness (QED) is 0.611. The van der Waals surface area contributed by atoms with Crippen molar-refractivity contribution < 1.29 is 0 Å². The number of hydrogen-bond donors (Lipinski definition) is 1. The summed E-state index contributed by atoms with van der Waals surface area (Å²) < 4.78 is 0. The van der Waals surface area contributed by atoms with Gasteiger partial charge in [-0.25, -0.2) is 0 Å². The standard InChI is InChI=1S/C23H34ClN5/c24-23-7-5-21(6-8-23)19-29(20-22-4-1-10-26-18-22)13-3-12-28-16-14-27(15-17-28)11-2-9-25/h1,4-8,10,18H,2-3,9,11-17,19-20,25H2. The molecule has 0 spiro atoms. The molecular formula is C23H34ClN5. The molecule has 1 fully saturated rings. The Morgan fingerprint density at radius 3 is 2.17 bits per heavy atom. The van der Waals surface area contributed by atoms with Crippen LogP contribution >= 0.6 is 11.6 Å². The highest BCUT2D eigenvalue weighted by Gasteiger charge is 2.16. The first-order chi connectivity index (χ1) is 14.2. The van der Waals surface area contributed by atoms with Crippen LogP contribution in [-0.4, -0.2) is 72.0 Å². The van der Waals surface area contributed by atoms with Gasteiger partial charge in [0.05, 0.1) is 0 Å². The summed E-state index contributed by atoms with van der Waals surface area (Å²) in [6, 6.07) is 12.4. The maximum absolute atomic E-state index is 6.05. The molecule has 0 aliphatic carbocycles. The fraction of sp³-hybridized carbons (Fsp3) is 0.522. The zero-order chi connectivity index (χ0) is 20.3. The average molecular weight is 416 g/mol. The van der Waals surface area contributed by atoms with E-state index in [2.05, 4.69) is 37.9 Å². The molecule has 2 N–H and O–H groups in total. The summed E-state index contributed by atoms with van der Waals surface area (Å²) >= 11 is 6.05. The van der Waals surface area contributed by atoms with Gasteiger partial charge in [0.15, 0.2) is 0 Å². The number of nitrogens with zero attached hydrogens (tertiary/aromatic N) is 4. The Balaban J connectivity index is 1.47. The minimum absolute atomic E-state index is 0.790. The Morgan fingerprint density at radius 1 is 0.897 bits per heavy atom. The number of rotatable bonds is 11. The summed E-state index contributed by atoms with van der Waals surface area (Å²) in [5.41, 5.74) is 8.19. The van der Waals surface area contributed by atoms with Crippen LogP contribution in [0.3, 0.4) is 0 Å². The predicted octanol–water partition coefficient (Wildman–Crippen LogP) is 3.09. The first-order valence-electron chi connectivity index (χ1n) is 10.7. The van der Waals surface area contributed by atoms with Crippen molar-refractivity contribution in [2.24, 2.45) is 5.73 Å². The molecule has 5 nitrogen and oxygen atoms in total. The van der Waals surface area contributed by atoms with E-state index < -0.39 is 0 Å². The van der Waals surface area contributed by atoms with Gasteiger partial charge in [0.25, 0.3) is 0 Å². The normalized spacial score (nSPS) is 15.8. The monoisotopic (exact) mass is 415 g/mol. The van der Waals surface area contributed by atoms with Crippen molar-refractivity contribution >= 4 is 11.6 Å². The van der Waals surface area contributed by atoms with Crippen LogP contribution in [0.25, 0.3) is 0 Å². The summed E-state index contributed by atoms with van der Waals surface area (Å²) in [4.78, 5) is 11.9. The number of hydrogen-bond acceptors (Lipinski definition) is 5. The molecule has 2 aromatic rings. The number of aromatic nitrogens is 1. The molecule has 0 bridgehead atoms. The van der Waals surface area contributed by atoms with Gasteiger partial charge in [-0.1, -0.05) is 29.8 Å². The van der Waals surface area contributed by atoms with Crippen LogP contribution < -0.4 is 5.73 Å². The Labute approximate surface area is 180 Å². The van der Waals surface area contributed by atoms with Crippen molar-refractivity contribution in [1.82, 2.24) is 19.7 Å². The molecule has 2 heterocycles. The van der Waals surface area contributed by atoms with Crippen LogP contribution in [0.2, 0.25) is 5.02 Å². The van der Waals surface area contributed by atoms with Crippen molar-refractivity contribution in [2.45, 2.75) is 25.9 Å². The lowest BCUT2D eigenvalue weighted by molar-refractivity contribution is 0.125. The Hall–Kier alpha value is -1.50. The molecule has 1 aromatic carbocycles. The largest absolute Gasteiger partial charge is 0.330 e. The summed E-state index contributed by atoms with van der Waals surface area (Å²) in [6.45, 7) is 10.7. The van der Waals surface area contributed by atoms with E-state index in [1.165, 1.54) is 43.7 Å². The molecule has 3 rings (SSSR count). The second kappa shape index (κ2) is 12.3. The maximum atomic E-state index is 6.05. The van der Waals surface area contributed by atoms with Crippen LogP contribution in [0.1, 0.15) is 24.0 Å². The first kappa shape index (κ1) is 22.2. The number of benzene rings is 1. The van der Waals surface area contributed by atoms with E-state index in [1.807, 2.05) is 30.6 Å². The Morgan fingerprint density at radius 2 is 1.55 bits per heavy atom. The fourth-order valence-corrected chi connectivity index (χ4v) is 4.01. The van der Waals surface area contributed by atoms with E-state index in [0.29, 0.717) is 0 Å². The molecule has 1 aliphatic heterocycles. The smallest absolute Gasteiger partial charge is 0.0406 e. The number of pyridine rings is 1. The number of piperazine rings is 1. The summed E-state index contributed by atoms with van der Waals surface area (Å²) in [5, 5.41) is 0.790. The van der Waals surface area contributed by atoms with Crippen molar-refractivity contribution in [3.63, 3.8) is 0 Å². The van der Waals surface area contributed by atoms with Gasteiger partial charge in [-0.2, -0.15) is 0 Å². The lowest BCUT2D eigenvalue weighted by atomic mass is 10.2. The van der Waals surface area contributed by atoms with E-state index in [0.717, 1.165) is 50.7 Å². The van der Waals surface area contributed by atoms with E-state index in [4.69, 9.17) is 17.3 Å². The highest BCUT2D eigenvalue weighted by atomic mass is 35.5. The summed E-state index contributed by atoms with van der Waals surface area (Å²) in [7, 11) is 0. The van der Waals surface area contributed by atoms with Gasteiger partial charge in [-0.3, -0.25) is 9.88 Å². The highest BCUT2D eigenvalue weighted by molar-refractivity contribution is 6.30. The molecule has 158 valence electrons. The third kappa shape index (κ3) is 8.03. The van der Waals surface area contributed by atoms with Gasteiger partial charge in [0.2, 0.25) is 0 Å². The maximum Gasteiger partial charge on any atom is 0.0406 e. The Bertz CT molecular complexity index is 686. The van der Waals surface area contributed by atoms with Crippen LogP contribution in [-0.2, 0) is 13.1 Å². The van der Waals surface area contributed by atoms with E-state index in [-0.39, 0.29) is 0 Å². The minimum Gasteiger partial charge on any atom is -0.330 e. The Kier molecular flexibility index (Phi) is 9.38. The van der Waals surface area contributed by atoms with Crippen molar-refractivity contribution in [1.29, 1.82) is 0 Å². The minimum atomic E-state index is 0.790. The summed E-state index contributed by atoms with van der Waals surface area (Å²) in [5.74, 6) is 0. The van der Waals surface area contributed by atoms with Gasteiger partial charge in [-0.15, -0.1) is 0 Å². The van der Waals surface area contributed by atoms with Crippen LogP contribution in [0, 0.1) is 0 Å². The zero-order valence-corrected chi connectivity index (χ0v) is 18.1. The third-order valence-corrected chi connectivity index (χ3v) is 5.79. The lowest BCUT2D eigenvalue weighted by Gasteiger charge is -2.35. The van der Waals surface area contributed by atoms with E-state index in [9.17, 15) is 0 Å². The lowest BCUT2D eigenvalue weighted by Crippen LogP contribution is -2.47. The molecule has 0 unspecified atom stereocenters. The van der Waals surface area contributed by atoms with Gasteiger partial charge in [-0.05, 0) is 61.8 Å². The fourth-order valence-electron chi connectivity index (χ4n) is 3.88. The molecule has 1 aliphatic rings. The van der Waals surface area contributed by atoms with Crippen LogP contribution in [0.4, 0.5) is 0 Å². The molecule has 6 heteroatoms. The van der Waals surface area contributed by atoms with Gasteiger partial charge in [0, 0.05) is 63.2 Å². The molecule has 1 saturated heterocycles. The molecule has 0 amide bonds. The number of nitrogens with two attached hydrogens (primary N) is 1. The molecule has 0 radical (unpaired) electrons. The van der Waals surface area contributed by atoms with Crippen LogP contribution in [0.5, 0.6) is 0 Å². The van der Waals surface area contributed by atoms with Crippen molar-refractivity contribution in [3.8, 4) is 0 Å².